The second-order valence-electron chi connectivity index (χ2n) is 25.0. The molecule has 9 nitrogen and oxygen atoms in total. The first-order valence-corrected chi connectivity index (χ1v) is 37.0. The van der Waals surface area contributed by atoms with Gasteiger partial charge in [0.2, 0.25) is 5.91 Å². The van der Waals surface area contributed by atoms with Gasteiger partial charge in [0, 0.05) is 12.8 Å². The summed E-state index contributed by atoms with van der Waals surface area (Å²) < 4.78 is 30.4. The van der Waals surface area contributed by atoms with Gasteiger partial charge in [-0.1, -0.05) is 292 Å². The summed E-state index contributed by atoms with van der Waals surface area (Å²) in [7, 11) is 1.15. The fourth-order valence-electron chi connectivity index (χ4n) is 10.1. The molecule has 3 atom stereocenters. The van der Waals surface area contributed by atoms with Crippen LogP contribution in [0.1, 0.15) is 316 Å². The molecule has 0 bridgehead atoms. The quantitative estimate of drug-likeness (QED) is 0.0212. The Morgan fingerprint density at radius 2 is 0.753 bits per heavy atom. The van der Waals surface area contributed by atoms with Crippen molar-refractivity contribution in [3.8, 4) is 0 Å². The van der Waals surface area contributed by atoms with E-state index in [9.17, 15) is 19.0 Å². The second-order valence-corrected chi connectivity index (χ2v) is 26.4. The highest BCUT2D eigenvalue weighted by Crippen LogP contribution is 2.38. The molecule has 0 rings (SSSR count). The van der Waals surface area contributed by atoms with E-state index >= 15 is 0 Å². The molecule has 85 heavy (non-hydrogen) atoms. The van der Waals surface area contributed by atoms with Crippen LogP contribution >= 0.6 is 7.82 Å². The van der Waals surface area contributed by atoms with Crippen molar-refractivity contribution < 1.29 is 37.3 Å². The standard InChI is InChI=1S/C75H135N2O7P/c1-7-10-13-16-19-22-25-27-29-31-33-35-36-37-38-39-40-42-44-46-48-50-53-56-59-62-65-68-75(79)84-73(66-63-60-57-54-51-24-21-18-15-12-9-3)72(71-83-85(80,81)82-70-69-77(4,5)6)76-74(78)67-64-61-58-55-52-49-47-45-43-41-34-32-30-28-26-23-20-17-14-11-8-2/h11,14,20,23,27-30,34,41,45,47,52,55,63,66,72-73H,7-10,12-13,15-19,21-22,24-26,31-33,35-40,42-44,46,48-51,53-54,56-62,64-65,67-71H2,1-6H3,(H-,76,78,80,81)/b14-11-,23-20-,29-27+,30-28-,41-34-,47-45-,55-52-,66-63-. The second kappa shape index (κ2) is 63.9. The average Bonchev–Trinajstić information content (AvgIpc) is 3.57. The molecule has 0 heterocycles. The van der Waals surface area contributed by atoms with Crippen LogP contribution in [0, 0.1) is 0 Å². The highest BCUT2D eigenvalue weighted by molar-refractivity contribution is 7.45. The molecule has 0 aromatic carbocycles. The number of ether oxygens (including phenoxy) is 1. The van der Waals surface area contributed by atoms with Crippen molar-refractivity contribution in [3.05, 3.63) is 97.2 Å². The maximum Gasteiger partial charge on any atom is 0.306 e. The van der Waals surface area contributed by atoms with Crippen molar-refractivity contribution in [2.45, 2.75) is 328 Å². The van der Waals surface area contributed by atoms with Gasteiger partial charge in [-0.25, -0.2) is 0 Å². The van der Waals surface area contributed by atoms with E-state index in [1.54, 1.807) is 0 Å². The zero-order valence-corrected chi connectivity index (χ0v) is 57.2. The summed E-state index contributed by atoms with van der Waals surface area (Å²) in [6.07, 6.45) is 86.9. The Kier molecular flexibility index (Phi) is 61.6. The lowest BCUT2D eigenvalue weighted by atomic mass is 10.0. The maximum absolute atomic E-state index is 13.6. The molecule has 0 saturated carbocycles. The Labute approximate surface area is 526 Å². The molecule has 3 unspecified atom stereocenters. The minimum Gasteiger partial charge on any atom is -0.756 e. The number of hydrogen-bond acceptors (Lipinski definition) is 7. The number of unbranched alkanes of at least 4 members (excludes halogenated alkanes) is 34. The molecule has 0 saturated heterocycles. The lowest BCUT2D eigenvalue weighted by Gasteiger charge is -2.30. The van der Waals surface area contributed by atoms with Crippen molar-refractivity contribution in [2.24, 2.45) is 0 Å². The summed E-state index contributed by atoms with van der Waals surface area (Å²) in [6, 6.07) is -0.916. The fourth-order valence-corrected chi connectivity index (χ4v) is 10.8. The number of nitrogens with zero attached hydrogens (tertiary/aromatic N) is 1. The van der Waals surface area contributed by atoms with Crippen molar-refractivity contribution in [1.82, 2.24) is 5.32 Å². The van der Waals surface area contributed by atoms with E-state index in [-0.39, 0.29) is 31.3 Å². The Balaban J connectivity index is 5.05. The third-order valence-corrected chi connectivity index (χ3v) is 16.5. The number of esters is 1. The monoisotopic (exact) mass is 1210 g/mol. The molecule has 0 aromatic heterocycles. The van der Waals surface area contributed by atoms with Gasteiger partial charge in [-0.15, -0.1) is 0 Å². The molecule has 0 fully saturated rings. The Morgan fingerprint density at radius 1 is 0.424 bits per heavy atom. The third kappa shape index (κ3) is 65.2. The molecule has 1 N–H and O–H groups in total. The number of carbonyl (C=O) groups excluding carboxylic acids is 2. The molecule has 0 spiro atoms. The zero-order valence-electron chi connectivity index (χ0n) is 56.3. The third-order valence-electron chi connectivity index (χ3n) is 15.5. The number of amides is 1. The van der Waals surface area contributed by atoms with Gasteiger partial charge in [-0.3, -0.25) is 14.2 Å². The molecule has 0 aliphatic carbocycles. The van der Waals surface area contributed by atoms with Gasteiger partial charge >= 0.3 is 5.97 Å². The largest absolute Gasteiger partial charge is 0.756 e. The fraction of sp³-hybridized carbons (Fsp3) is 0.760. The molecule has 0 radical (unpaired) electrons. The highest BCUT2D eigenvalue weighted by atomic mass is 31.2. The minimum absolute atomic E-state index is 0.0341. The number of likely N-dealkylation sites (N-methyl/N-ethyl adjacent to an activating group) is 1. The number of rotatable bonds is 64. The first kappa shape index (κ1) is 81.9. The van der Waals surface area contributed by atoms with Crippen LogP contribution in [0.4, 0.5) is 0 Å². The summed E-state index contributed by atoms with van der Waals surface area (Å²) >= 11 is 0. The first-order valence-electron chi connectivity index (χ1n) is 35.5. The average molecular weight is 1210 g/mol. The van der Waals surface area contributed by atoms with Crippen LogP contribution in [0.3, 0.4) is 0 Å². The van der Waals surface area contributed by atoms with E-state index in [2.05, 4.69) is 111 Å². The van der Waals surface area contributed by atoms with Crippen molar-refractivity contribution in [3.63, 3.8) is 0 Å². The van der Waals surface area contributed by atoms with Crippen molar-refractivity contribution >= 4 is 19.7 Å². The van der Waals surface area contributed by atoms with E-state index in [1.165, 1.54) is 186 Å². The predicted octanol–water partition coefficient (Wildman–Crippen LogP) is 22.0. The van der Waals surface area contributed by atoms with Gasteiger partial charge in [0.25, 0.3) is 7.82 Å². The Hall–Kier alpha value is -3.07. The Morgan fingerprint density at radius 3 is 1.15 bits per heavy atom. The van der Waals surface area contributed by atoms with Gasteiger partial charge in [0.1, 0.15) is 19.3 Å². The molecular formula is C75H135N2O7P. The van der Waals surface area contributed by atoms with Crippen LogP contribution in [0.5, 0.6) is 0 Å². The zero-order chi connectivity index (χ0) is 62.1. The topological polar surface area (TPSA) is 114 Å². The van der Waals surface area contributed by atoms with E-state index in [0.717, 1.165) is 89.9 Å². The Bertz CT molecular complexity index is 1780. The number of nitrogens with one attached hydrogen (secondary N) is 1. The van der Waals surface area contributed by atoms with Crippen molar-refractivity contribution in [2.75, 3.05) is 40.9 Å². The summed E-state index contributed by atoms with van der Waals surface area (Å²) in [5.41, 5.74) is 0. The van der Waals surface area contributed by atoms with Crippen LogP contribution in [-0.4, -0.2) is 69.4 Å². The summed E-state index contributed by atoms with van der Waals surface area (Å²) in [5.74, 6) is -0.587. The number of carbonyl (C=O) groups is 2. The smallest absolute Gasteiger partial charge is 0.306 e. The maximum atomic E-state index is 13.6. The summed E-state index contributed by atoms with van der Waals surface area (Å²) in [4.78, 5) is 40.1. The van der Waals surface area contributed by atoms with Gasteiger partial charge in [-0.05, 0) is 109 Å². The van der Waals surface area contributed by atoms with Gasteiger partial charge in [0.15, 0.2) is 0 Å². The van der Waals surface area contributed by atoms with Crippen LogP contribution in [-0.2, 0) is 27.9 Å². The predicted molar refractivity (Wildman–Crippen MR) is 367 cm³/mol. The molecule has 1 amide bonds. The SMILES string of the molecule is CC/C=C\C/C=C\C/C=C\C/C=C\C/C=C\C/C=C\CCCCC(=O)NC(COP(=O)([O-])OCC[N+](C)(C)C)C(/C=C\CCCCCCCCCCC)OC(=O)CCCCCCCCCCCCCCCCCCC/C=C/CCCCCCCC. The lowest BCUT2D eigenvalue weighted by Crippen LogP contribution is -2.47. The number of phosphoric acid groups is 1. The number of quaternary nitrogens is 1. The van der Waals surface area contributed by atoms with Crippen LogP contribution in [0.25, 0.3) is 0 Å². The lowest BCUT2D eigenvalue weighted by molar-refractivity contribution is -0.870. The normalized spacial score (nSPS) is 14.1. The highest BCUT2D eigenvalue weighted by Gasteiger charge is 2.27. The minimum atomic E-state index is -4.72. The van der Waals surface area contributed by atoms with Crippen LogP contribution < -0.4 is 10.2 Å². The van der Waals surface area contributed by atoms with Gasteiger partial charge in [0.05, 0.1) is 33.8 Å². The molecular weight excluding hydrogens is 1070 g/mol. The van der Waals surface area contributed by atoms with E-state index in [1.807, 2.05) is 33.3 Å². The van der Waals surface area contributed by atoms with E-state index < -0.39 is 26.6 Å². The van der Waals surface area contributed by atoms with Crippen LogP contribution in [0.15, 0.2) is 97.2 Å². The van der Waals surface area contributed by atoms with E-state index in [4.69, 9.17) is 13.8 Å². The summed E-state index contributed by atoms with van der Waals surface area (Å²) in [6.45, 7) is 6.71. The van der Waals surface area contributed by atoms with Gasteiger partial charge in [-0.2, -0.15) is 0 Å². The number of allylic oxidation sites excluding steroid dienone is 15. The van der Waals surface area contributed by atoms with Gasteiger partial charge < -0.3 is 28.5 Å². The van der Waals surface area contributed by atoms with Crippen molar-refractivity contribution in [1.29, 1.82) is 0 Å². The molecule has 10 heteroatoms. The summed E-state index contributed by atoms with van der Waals surface area (Å²) in [5, 5.41) is 3.01. The van der Waals surface area contributed by atoms with Crippen LogP contribution in [0.2, 0.25) is 0 Å². The first-order chi connectivity index (χ1) is 41.4. The molecule has 0 aliphatic rings. The molecule has 0 aromatic rings. The number of phosphoric ester groups is 1. The number of hydrogen-bond donors (Lipinski definition) is 1. The molecule has 0 aliphatic heterocycles. The molecule has 492 valence electrons. The van der Waals surface area contributed by atoms with E-state index in [0.29, 0.717) is 17.4 Å².